The number of hydrogen-bond acceptors (Lipinski definition) is 4. The molecule has 106 valence electrons. The van der Waals surface area contributed by atoms with Crippen molar-refractivity contribution in [3.63, 3.8) is 0 Å². The summed E-state index contributed by atoms with van der Waals surface area (Å²) in [4.78, 5) is 17.8. The van der Waals surface area contributed by atoms with Gasteiger partial charge in [0.1, 0.15) is 0 Å². The molecule has 0 aromatic carbocycles. The average molecular weight is 274 g/mol. The summed E-state index contributed by atoms with van der Waals surface area (Å²) in [5.74, 6) is -0.163. The van der Waals surface area contributed by atoms with Crippen molar-refractivity contribution >= 4 is 11.6 Å². The number of piperidine rings is 1. The lowest BCUT2D eigenvalue weighted by atomic mass is 10.1. The van der Waals surface area contributed by atoms with Crippen molar-refractivity contribution in [1.82, 2.24) is 19.5 Å². The molecule has 0 spiro atoms. The summed E-state index contributed by atoms with van der Waals surface area (Å²) in [7, 11) is 0. The van der Waals surface area contributed by atoms with E-state index in [4.69, 9.17) is 5.11 Å². The molecule has 3 heterocycles. The third-order valence-corrected chi connectivity index (χ3v) is 3.73. The minimum atomic E-state index is -0.939. The fraction of sp³-hybridized carbons (Fsp3) is 0.500. The zero-order valence-corrected chi connectivity index (χ0v) is 11.3. The van der Waals surface area contributed by atoms with E-state index in [0.29, 0.717) is 5.65 Å². The zero-order chi connectivity index (χ0) is 13.9. The summed E-state index contributed by atoms with van der Waals surface area (Å²) < 4.78 is 1.64. The van der Waals surface area contributed by atoms with Crippen LogP contribution in [0.2, 0.25) is 0 Å². The molecule has 3 rings (SSSR count). The van der Waals surface area contributed by atoms with Crippen molar-refractivity contribution < 1.29 is 9.90 Å². The topological polar surface area (TPSA) is 70.7 Å². The van der Waals surface area contributed by atoms with Gasteiger partial charge in [0.25, 0.3) is 0 Å². The highest BCUT2D eigenvalue weighted by molar-refractivity contribution is 5.88. The summed E-state index contributed by atoms with van der Waals surface area (Å²) in [6.45, 7) is 3.30. The van der Waals surface area contributed by atoms with Crippen LogP contribution in [0.5, 0.6) is 0 Å². The summed E-state index contributed by atoms with van der Waals surface area (Å²) >= 11 is 0. The van der Waals surface area contributed by atoms with Gasteiger partial charge in [0.15, 0.2) is 11.5 Å². The van der Waals surface area contributed by atoms with E-state index < -0.39 is 5.97 Å². The molecule has 1 fully saturated rings. The Kier molecular flexibility index (Phi) is 3.64. The lowest BCUT2D eigenvalue weighted by Crippen LogP contribution is -2.31. The number of rotatable bonds is 4. The number of nitrogens with zero attached hydrogens (tertiary/aromatic N) is 4. The second-order valence-electron chi connectivity index (χ2n) is 5.20. The average Bonchev–Trinajstić information content (AvgIpc) is 2.88. The van der Waals surface area contributed by atoms with Gasteiger partial charge in [0.05, 0.1) is 5.56 Å². The molecule has 1 saturated heterocycles. The molecule has 20 heavy (non-hydrogen) atoms. The molecule has 2 aromatic heterocycles. The summed E-state index contributed by atoms with van der Waals surface area (Å²) in [5, 5.41) is 13.3. The van der Waals surface area contributed by atoms with Crippen LogP contribution >= 0.6 is 0 Å². The van der Waals surface area contributed by atoms with Crippen molar-refractivity contribution in [2.24, 2.45) is 0 Å². The van der Waals surface area contributed by atoms with Crippen molar-refractivity contribution in [1.29, 1.82) is 0 Å². The first-order chi connectivity index (χ1) is 9.72. The molecule has 6 nitrogen and oxygen atoms in total. The first-order valence-electron chi connectivity index (χ1n) is 7.03. The molecule has 1 aliphatic heterocycles. The molecular weight excluding hydrogens is 256 g/mol. The Morgan fingerprint density at radius 3 is 2.85 bits per heavy atom. The number of pyridine rings is 1. The van der Waals surface area contributed by atoms with E-state index in [0.717, 1.165) is 31.9 Å². The Balaban J connectivity index is 1.70. The maximum absolute atomic E-state index is 10.9. The van der Waals surface area contributed by atoms with Crippen molar-refractivity contribution in [3.05, 3.63) is 29.7 Å². The van der Waals surface area contributed by atoms with Gasteiger partial charge in [-0.25, -0.2) is 14.3 Å². The van der Waals surface area contributed by atoms with Crippen molar-refractivity contribution in [3.8, 4) is 0 Å². The number of carboxylic acids is 1. The van der Waals surface area contributed by atoms with Crippen LogP contribution in [0, 0.1) is 0 Å². The van der Waals surface area contributed by atoms with E-state index in [1.807, 2.05) is 0 Å². The van der Waals surface area contributed by atoms with Crippen LogP contribution in [0.4, 0.5) is 0 Å². The number of fused-ring (bicyclic) bond motifs is 1. The standard InChI is InChI=1S/C14H18N4O2/c19-14(20)11-4-9-18-13(10-11)15-12(16-18)5-8-17-6-2-1-3-7-17/h4,9-10H,1-3,5-8H2,(H,19,20). The molecule has 1 N–H and O–H groups in total. The molecule has 1 aliphatic rings. The molecule has 6 heteroatoms. The van der Waals surface area contributed by atoms with Gasteiger partial charge < -0.3 is 10.0 Å². The highest BCUT2D eigenvalue weighted by atomic mass is 16.4. The molecule has 0 amide bonds. The molecule has 0 bridgehead atoms. The number of carboxylic acid groups (broad SMARTS) is 1. The summed E-state index contributed by atoms with van der Waals surface area (Å²) in [6.07, 6.45) is 6.35. The monoisotopic (exact) mass is 274 g/mol. The van der Waals surface area contributed by atoms with Crippen molar-refractivity contribution in [2.45, 2.75) is 25.7 Å². The van der Waals surface area contributed by atoms with Gasteiger partial charge >= 0.3 is 5.97 Å². The predicted octanol–water partition coefficient (Wildman–Crippen LogP) is 1.46. The van der Waals surface area contributed by atoms with E-state index in [-0.39, 0.29) is 5.56 Å². The number of carbonyl (C=O) groups is 1. The predicted molar refractivity (Wildman–Crippen MR) is 73.9 cm³/mol. The van der Waals surface area contributed by atoms with Crippen molar-refractivity contribution in [2.75, 3.05) is 19.6 Å². The molecule has 0 atom stereocenters. The van der Waals surface area contributed by atoms with Crippen LogP contribution in [-0.2, 0) is 6.42 Å². The van der Waals surface area contributed by atoms with E-state index in [9.17, 15) is 4.79 Å². The SMILES string of the molecule is O=C(O)c1ccn2nc(CCN3CCCCC3)nc2c1. The number of aromatic carboxylic acids is 1. The first-order valence-corrected chi connectivity index (χ1v) is 7.03. The van der Waals surface area contributed by atoms with Gasteiger partial charge in [-0.3, -0.25) is 0 Å². The number of aromatic nitrogens is 3. The number of hydrogen-bond donors (Lipinski definition) is 1. The lowest BCUT2D eigenvalue weighted by molar-refractivity contribution is 0.0697. The molecule has 2 aromatic rings. The summed E-state index contributed by atoms with van der Waals surface area (Å²) in [6, 6.07) is 3.10. The largest absolute Gasteiger partial charge is 0.478 e. The minimum absolute atomic E-state index is 0.243. The lowest BCUT2D eigenvalue weighted by Gasteiger charge is -2.25. The Morgan fingerprint density at radius 2 is 2.10 bits per heavy atom. The Bertz CT molecular complexity index is 617. The van der Waals surface area contributed by atoms with Crippen LogP contribution in [-0.4, -0.2) is 50.2 Å². The molecule has 0 radical (unpaired) electrons. The smallest absolute Gasteiger partial charge is 0.335 e. The number of likely N-dealkylation sites (tertiary alicyclic amines) is 1. The molecule has 0 saturated carbocycles. The van der Waals surface area contributed by atoms with Crippen LogP contribution in [0.1, 0.15) is 35.4 Å². The fourth-order valence-corrected chi connectivity index (χ4v) is 2.61. The Hall–Kier alpha value is -1.95. The first kappa shape index (κ1) is 13.1. The Morgan fingerprint density at radius 1 is 1.30 bits per heavy atom. The van der Waals surface area contributed by atoms with Crippen LogP contribution in [0.3, 0.4) is 0 Å². The van der Waals surface area contributed by atoms with Crippen LogP contribution in [0.25, 0.3) is 5.65 Å². The quantitative estimate of drug-likeness (QED) is 0.914. The maximum Gasteiger partial charge on any atom is 0.335 e. The third kappa shape index (κ3) is 2.80. The fourth-order valence-electron chi connectivity index (χ4n) is 2.61. The second kappa shape index (κ2) is 5.58. The van der Waals surface area contributed by atoms with E-state index in [2.05, 4.69) is 15.0 Å². The van der Waals surface area contributed by atoms with Gasteiger partial charge in [-0.2, -0.15) is 5.10 Å². The Labute approximate surface area is 117 Å². The molecule has 0 unspecified atom stereocenters. The van der Waals surface area contributed by atoms with Gasteiger partial charge in [0.2, 0.25) is 0 Å². The van der Waals surface area contributed by atoms with Gasteiger partial charge in [0, 0.05) is 19.2 Å². The zero-order valence-electron chi connectivity index (χ0n) is 11.3. The minimum Gasteiger partial charge on any atom is -0.478 e. The van der Waals surface area contributed by atoms with E-state index >= 15 is 0 Å². The highest BCUT2D eigenvalue weighted by Gasteiger charge is 2.12. The summed E-state index contributed by atoms with van der Waals surface area (Å²) in [5.41, 5.74) is 0.839. The van der Waals surface area contributed by atoms with E-state index in [1.54, 1.807) is 22.8 Å². The van der Waals surface area contributed by atoms with Crippen LogP contribution < -0.4 is 0 Å². The van der Waals surface area contributed by atoms with E-state index in [1.165, 1.54) is 19.3 Å². The van der Waals surface area contributed by atoms with Gasteiger partial charge in [-0.1, -0.05) is 6.42 Å². The van der Waals surface area contributed by atoms with Gasteiger partial charge in [-0.05, 0) is 38.1 Å². The van der Waals surface area contributed by atoms with Crippen LogP contribution in [0.15, 0.2) is 18.3 Å². The van der Waals surface area contributed by atoms with Gasteiger partial charge in [-0.15, -0.1) is 0 Å². The maximum atomic E-state index is 10.9. The molecular formula is C14H18N4O2. The normalized spacial score (nSPS) is 16.6. The second-order valence-corrected chi connectivity index (χ2v) is 5.20. The highest BCUT2D eigenvalue weighted by Crippen LogP contribution is 2.10. The third-order valence-electron chi connectivity index (χ3n) is 3.73. The molecule has 0 aliphatic carbocycles.